The first-order valence-electron chi connectivity index (χ1n) is 10.3. The van der Waals surface area contributed by atoms with E-state index in [-0.39, 0.29) is 11.8 Å². The second-order valence-corrected chi connectivity index (χ2v) is 7.45. The predicted molar refractivity (Wildman–Crippen MR) is 116 cm³/mol. The van der Waals surface area contributed by atoms with E-state index in [4.69, 9.17) is 0 Å². The highest BCUT2D eigenvalue weighted by atomic mass is 16.1. The van der Waals surface area contributed by atoms with Gasteiger partial charge in [-0.3, -0.25) is 4.79 Å². The molecule has 2 heterocycles. The number of carbonyl (C=O) groups excluding carboxylic acids is 1. The average molecular weight is 386 g/mol. The molecule has 0 unspecified atom stereocenters. The van der Waals surface area contributed by atoms with Crippen molar-refractivity contribution in [3.8, 4) is 0 Å². The summed E-state index contributed by atoms with van der Waals surface area (Å²) in [5, 5.41) is 11.4. The van der Waals surface area contributed by atoms with Gasteiger partial charge in [0.15, 0.2) is 11.6 Å². The van der Waals surface area contributed by atoms with Crippen molar-refractivity contribution in [2.75, 3.05) is 23.3 Å². The molecule has 2 aromatic carbocycles. The van der Waals surface area contributed by atoms with E-state index in [1.165, 1.54) is 19.3 Å². The maximum absolute atomic E-state index is 12.8. The summed E-state index contributed by atoms with van der Waals surface area (Å²) in [4.78, 5) is 15.0. The normalized spacial score (nSPS) is 14.0. The van der Waals surface area contributed by atoms with E-state index in [0.717, 1.165) is 30.0 Å². The average Bonchev–Trinajstić information content (AvgIpc) is 2.80. The van der Waals surface area contributed by atoms with Crippen LogP contribution in [0.5, 0.6) is 0 Å². The molecule has 0 radical (unpaired) electrons. The summed E-state index contributed by atoms with van der Waals surface area (Å²) in [5.74, 6) is 1.31. The summed E-state index contributed by atoms with van der Waals surface area (Å²) in [6, 6.07) is 24.1. The zero-order valence-electron chi connectivity index (χ0n) is 16.5. The van der Waals surface area contributed by atoms with Crippen molar-refractivity contribution >= 4 is 17.5 Å². The number of rotatable bonds is 6. The van der Waals surface area contributed by atoms with E-state index in [1.54, 1.807) is 0 Å². The summed E-state index contributed by atoms with van der Waals surface area (Å²) in [6.07, 6.45) is 4.02. The minimum absolute atomic E-state index is 0.00187. The Bertz CT molecular complexity index is 867. The lowest BCUT2D eigenvalue weighted by molar-refractivity contribution is -0.116. The van der Waals surface area contributed by atoms with Gasteiger partial charge in [0.2, 0.25) is 5.91 Å². The van der Waals surface area contributed by atoms with Gasteiger partial charge in [0, 0.05) is 25.4 Å². The second-order valence-electron chi connectivity index (χ2n) is 7.45. The van der Waals surface area contributed by atoms with Crippen LogP contribution in [0.3, 0.4) is 0 Å². The zero-order valence-corrected chi connectivity index (χ0v) is 16.5. The number of carbonyl (C=O) groups is 1. The van der Waals surface area contributed by atoms with Gasteiger partial charge in [-0.2, -0.15) is 0 Å². The lowest BCUT2D eigenvalue weighted by Gasteiger charge is -2.27. The summed E-state index contributed by atoms with van der Waals surface area (Å²) in [7, 11) is 0. The third kappa shape index (κ3) is 4.99. The van der Waals surface area contributed by atoms with E-state index < -0.39 is 0 Å². The fourth-order valence-electron chi connectivity index (χ4n) is 3.86. The van der Waals surface area contributed by atoms with Crippen LogP contribution < -0.4 is 10.2 Å². The Morgan fingerprint density at radius 1 is 0.828 bits per heavy atom. The van der Waals surface area contributed by atoms with Crippen LogP contribution in [-0.4, -0.2) is 29.2 Å². The number of anilines is 2. The quantitative estimate of drug-likeness (QED) is 0.671. The Hall–Kier alpha value is -3.21. The van der Waals surface area contributed by atoms with Crippen molar-refractivity contribution in [3.63, 3.8) is 0 Å². The Kier molecular flexibility index (Phi) is 6.15. The second kappa shape index (κ2) is 9.32. The minimum atomic E-state index is -0.0669. The molecular formula is C24H26N4O. The number of nitrogens with zero attached hydrogens (tertiary/aromatic N) is 3. The first kappa shape index (κ1) is 19.1. The highest BCUT2D eigenvalue weighted by Gasteiger charge is 2.19. The molecular weight excluding hydrogens is 360 g/mol. The Morgan fingerprint density at radius 2 is 1.45 bits per heavy atom. The number of piperidine rings is 1. The van der Waals surface area contributed by atoms with Crippen LogP contribution in [0.25, 0.3) is 0 Å². The number of aromatic nitrogens is 2. The van der Waals surface area contributed by atoms with Gasteiger partial charge in [-0.15, -0.1) is 10.2 Å². The van der Waals surface area contributed by atoms with Crippen LogP contribution in [0.4, 0.5) is 11.6 Å². The molecule has 0 bridgehead atoms. The third-order valence-electron chi connectivity index (χ3n) is 5.39. The van der Waals surface area contributed by atoms with E-state index in [9.17, 15) is 4.79 Å². The van der Waals surface area contributed by atoms with Gasteiger partial charge in [-0.05, 0) is 42.5 Å². The summed E-state index contributed by atoms with van der Waals surface area (Å²) >= 11 is 0. The van der Waals surface area contributed by atoms with Gasteiger partial charge in [-0.25, -0.2) is 0 Å². The molecule has 5 nitrogen and oxygen atoms in total. The number of hydrogen-bond donors (Lipinski definition) is 1. The molecule has 1 fully saturated rings. The SMILES string of the molecule is O=C(CC(c1ccccc1)c1ccccc1)Nc1ccc(N2CCCCC2)nn1. The monoisotopic (exact) mass is 386 g/mol. The first-order valence-corrected chi connectivity index (χ1v) is 10.3. The molecule has 0 spiro atoms. The van der Waals surface area contributed by atoms with Gasteiger partial charge in [0.25, 0.3) is 0 Å². The van der Waals surface area contributed by atoms with E-state index >= 15 is 0 Å². The summed E-state index contributed by atoms with van der Waals surface area (Å²) in [6.45, 7) is 2.05. The Morgan fingerprint density at radius 3 is 2.00 bits per heavy atom. The predicted octanol–water partition coefficient (Wildman–Crippen LogP) is 4.63. The topological polar surface area (TPSA) is 58.1 Å². The van der Waals surface area contributed by atoms with Crippen molar-refractivity contribution in [1.29, 1.82) is 0 Å². The van der Waals surface area contributed by atoms with Crippen LogP contribution in [0.1, 0.15) is 42.7 Å². The van der Waals surface area contributed by atoms with Crippen molar-refractivity contribution in [2.45, 2.75) is 31.6 Å². The van der Waals surface area contributed by atoms with Gasteiger partial charge < -0.3 is 10.2 Å². The molecule has 0 saturated carbocycles. The largest absolute Gasteiger partial charge is 0.355 e. The van der Waals surface area contributed by atoms with Crippen LogP contribution in [-0.2, 0) is 4.79 Å². The van der Waals surface area contributed by atoms with Crippen LogP contribution in [0, 0.1) is 0 Å². The number of amides is 1. The number of hydrogen-bond acceptors (Lipinski definition) is 4. The number of benzene rings is 2. The van der Waals surface area contributed by atoms with Crippen molar-refractivity contribution in [1.82, 2.24) is 10.2 Å². The third-order valence-corrected chi connectivity index (χ3v) is 5.39. The molecule has 0 atom stereocenters. The smallest absolute Gasteiger partial charge is 0.226 e. The fourth-order valence-corrected chi connectivity index (χ4v) is 3.86. The molecule has 0 aliphatic carbocycles. The Labute approximate surface area is 171 Å². The minimum Gasteiger partial charge on any atom is -0.355 e. The van der Waals surface area contributed by atoms with Crippen LogP contribution in [0.15, 0.2) is 72.8 Å². The van der Waals surface area contributed by atoms with Gasteiger partial charge in [0.05, 0.1) is 0 Å². The van der Waals surface area contributed by atoms with Gasteiger partial charge in [0.1, 0.15) is 0 Å². The zero-order chi connectivity index (χ0) is 19.9. The molecule has 1 saturated heterocycles. The highest BCUT2D eigenvalue weighted by molar-refractivity contribution is 5.90. The molecule has 148 valence electrons. The van der Waals surface area contributed by atoms with Crippen molar-refractivity contribution < 1.29 is 4.79 Å². The summed E-state index contributed by atoms with van der Waals surface area (Å²) < 4.78 is 0. The van der Waals surface area contributed by atoms with Crippen LogP contribution in [0.2, 0.25) is 0 Å². The van der Waals surface area contributed by atoms with E-state index in [0.29, 0.717) is 12.2 Å². The summed E-state index contributed by atoms with van der Waals surface area (Å²) in [5.41, 5.74) is 2.25. The van der Waals surface area contributed by atoms with Gasteiger partial charge in [-0.1, -0.05) is 60.7 Å². The van der Waals surface area contributed by atoms with Crippen molar-refractivity contribution in [3.05, 3.63) is 83.9 Å². The standard InChI is InChI=1S/C24H26N4O/c29-24(25-22-14-15-23(27-26-22)28-16-8-3-9-17-28)18-21(19-10-4-1-5-11-19)20-12-6-2-7-13-20/h1-2,4-7,10-15,21H,3,8-9,16-18H2,(H,25,26,29). The Balaban J connectivity index is 1.44. The van der Waals surface area contributed by atoms with E-state index in [2.05, 4.69) is 44.7 Å². The lowest BCUT2D eigenvalue weighted by atomic mass is 9.88. The molecule has 5 heteroatoms. The molecule has 1 aliphatic rings. The first-order chi connectivity index (χ1) is 14.3. The molecule has 1 aromatic heterocycles. The maximum atomic E-state index is 12.8. The van der Waals surface area contributed by atoms with E-state index in [1.807, 2.05) is 48.5 Å². The molecule has 29 heavy (non-hydrogen) atoms. The molecule has 1 amide bonds. The highest BCUT2D eigenvalue weighted by Crippen LogP contribution is 2.28. The van der Waals surface area contributed by atoms with Crippen molar-refractivity contribution in [2.24, 2.45) is 0 Å². The maximum Gasteiger partial charge on any atom is 0.226 e. The molecule has 4 rings (SSSR count). The van der Waals surface area contributed by atoms with Crippen LogP contribution >= 0.6 is 0 Å². The fraction of sp³-hybridized carbons (Fsp3) is 0.292. The molecule has 1 N–H and O–H groups in total. The lowest BCUT2D eigenvalue weighted by Crippen LogP contribution is -2.30. The van der Waals surface area contributed by atoms with Gasteiger partial charge >= 0.3 is 0 Å². The molecule has 3 aromatic rings. The number of nitrogens with one attached hydrogen (secondary N) is 1. The molecule has 1 aliphatic heterocycles.